The minimum absolute atomic E-state index is 0.0889. The number of para-hydroxylation sites is 1. The van der Waals surface area contributed by atoms with Crippen LogP contribution in [0.2, 0.25) is 0 Å². The number of carbonyl (C=O) groups excluding carboxylic acids is 1. The highest BCUT2D eigenvalue weighted by molar-refractivity contribution is 7.89. The van der Waals surface area contributed by atoms with E-state index in [0.29, 0.717) is 18.5 Å². The molecule has 1 N–H and O–H groups in total. The van der Waals surface area contributed by atoms with Gasteiger partial charge in [0.25, 0.3) is 0 Å². The highest BCUT2D eigenvalue weighted by Crippen LogP contribution is 2.25. The number of rotatable bonds is 9. The van der Waals surface area contributed by atoms with Gasteiger partial charge in [0.05, 0.1) is 29.1 Å². The molecular formula is C23H30N4O4S. The molecule has 1 heterocycles. The molecule has 9 heteroatoms. The molecule has 0 aliphatic heterocycles. The van der Waals surface area contributed by atoms with E-state index in [-0.39, 0.29) is 23.3 Å². The first-order valence-electron chi connectivity index (χ1n) is 10.5. The summed E-state index contributed by atoms with van der Waals surface area (Å²) in [6.07, 6.45) is 0.717. The Morgan fingerprint density at radius 2 is 1.94 bits per heavy atom. The second-order valence-corrected chi connectivity index (χ2v) is 9.89. The van der Waals surface area contributed by atoms with Crippen LogP contribution in [0.1, 0.15) is 37.7 Å². The number of nitrogens with zero attached hydrogens (tertiary/aromatic N) is 3. The third-order valence-corrected chi connectivity index (χ3v) is 7.26. The molecule has 1 aromatic heterocycles. The van der Waals surface area contributed by atoms with E-state index in [4.69, 9.17) is 4.74 Å². The number of methoxy groups -OCH3 is 1. The third-order valence-electron chi connectivity index (χ3n) is 5.45. The zero-order chi connectivity index (χ0) is 23.5. The van der Waals surface area contributed by atoms with Crippen molar-refractivity contribution in [3.63, 3.8) is 0 Å². The van der Waals surface area contributed by atoms with Gasteiger partial charge in [0, 0.05) is 39.0 Å². The summed E-state index contributed by atoms with van der Waals surface area (Å²) in [6.45, 7) is 4.59. The molecule has 0 spiro atoms. The fourth-order valence-corrected chi connectivity index (χ4v) is 4.64. The Bertz CT molecular complexity index is 1220. The summed E-state index contributed by atoms with van der Waals surface area (Å²) in [4.78, 5) is 17.4. The van der Waals surface area contributed by atoms with Crippen LogP contribution >= 0.6 is 0 Å². The topological polar surface area (TPSA) is 93.5 Å². The van der Waals surface area contributed by atoms with Gasteiger partial charge in [0.1, 0.15) is 11.6 Å². The van der Waals surface area contributed by atoms with Crippen molar-refractivity contribution in [2.45, 2.75) is 44.2 Å². The lowest BCUT2D eigenvalue weighted by Gasteiger charge is -2.17. The zero-order valence-corrected chi connectivity index (χ0v) is 19.9. The molecule has 8 nitrogen and oxygen atoms in total. The second kappa shape index (κ2) is 9.70. The Labute approximate surface area is 189 Å². The van der Waals surface area contributed by atoms with E-state index in [1.807, 2.05) is 42.7 Å². The molecule has 0 fully saturated rings. The second-order valence-electron chi connectivity index (χ2n) is 7.74. The molecule has 2 aromatic carbocycles. The third kappa shape index (κ3) is 4.78. The number of nitrogens with one attached hydrogen (secondary N) is 1. The van der Waals surface area contributed by atoms with Gasteiger partial charge in [0.15, 0.2) is 0 Å². The molecule has 1 amide bonds. The monoisotopic (exact) mass is 458 g/mol. The van der Waals surface area contributed by atoms with Gasteiger partial charge in [-0.3, -0.25) is 4.79 Å². The highest BCUT2D eigenvalue weighted by Gasteiger charge is 2.20. The minimum atomic E-state index is -3.54. The summed E-state index contributed by atoms with van der Waals surface area (Å²) < 4.78 is 33.5. The number of carbonyl (C=O) groups is 1. The molecular weight excluding hydrogens is 428 g/mol. The molecule has 0 aliphatic carbocycles. The molecule has 1 unspecified atom stereocenters. The molecule has 0 radical (unpaired) electrons. The molecule has 172 valence electrons. The summed E-state index contributed by atoms with van der Waals surface area (Å²) in [5, 5.41) is 3.01. The lowest BCUT2D eigenvalue weighted by atomic mass is 10.1. The Hall–Kier alpha value is -2.91. The molecule has 3 aromatic rings. The number of benzene rings is 2. The highest BCUT2D eigenvalue weighted by atomic mass is 32.2. The number of hydrogen-bond acceptors (Lipinski definition) is 5. The number of hydrogen-bond donors (Lipinski definition) is 1. The maximum Gasteiger partial charge on any atom is 0.242 e. The van der Waals surface area contributed by atoms with Crippen molar-refractivity contribution in [1.29, 1.82) is 0 Å². The average Bonchev–Trinajstić information content (AvgIpc) is 3.14. The van der Waals surface area contributed by atoms with Crippen LogP contribution in [0.15, 0.2) is 47.4 Å². The Morgan fingerprint density at radius 3 is 2.59 bits per heavy atom. The standard InChI is InChI=1S/C23H30N4O4S/c1-6-27-20-12-11-17(32(29,30)26(3)4)15-19(20)25-22(27)13-14-23(28)24-16(2)18-9-7-8-10-21(18)31-5/h7-12,15-16H,6,13-14H2,1-5H3,(H,24,28). The number of imidazole rings is 1. The number of ether oxygens (including phenoxy) is 1. The van der Waals surface area contributed by atoms with Crippen molar-refractivity contribution >= 4 is 27.0 Å². The Morgan fingerprint density at radius 1 is 1.22 bits per heavy atom. The zero-order valence-electron chi connectivity index (χ0n) is 19.1. The fraction of sp³-hybridized carbons (Fsp3) is 0.391. The molecule has 3 rings (SSSR count). The first-order chi connectivity index (χ1) is 15.2. The van der Waals surface area contributed by atoms with Gasteiger partial charge in [-0.15, -0.1) is 0 Å². The van der Waals surface area contributed by atoms with Gasteiger partial charge in [-0.1, -0.05) is 18.2 Å². The van der Waals surface area contributed by atoms with E-state index in [0.717, 1.165) is 22.7 Å². The Balaban J connectivity index is 1.76. The largest absolute Gasteiger partial charge is 0.496 e. The van der Waals surface area contributed by atoms with Crippen molar-refractivity contribution in [1.82, 2.24) is 19.2 Å². The number of aryl methyl sites for hydroxylation is 2. The van der Waals surface area contributed by atoms with E-state index in [2.05, 4.69) is 10.3 Å². The van der Waals surface area contributed by atoms with Crippen LogP contribution in [0.5, 0.6) is 5.75 Å². The number of amides is 1. The van der Waals surface area contributed by atoms with E-state index >= 15 is 0 Å². The summed E-state index contributed by atoms with van der Waals surface area (Å²) >= 11 is 0. The van der Waals surface area contributed by atoms with Crippen LogP contribution < -0.4 is 10.1 Å². The van der Waals surface area contributed by atoms with Crippen molar-refractivity contribution in [2.24, 2.45) is 0 Å². The summed E-state index contributed by atoms with van der Waals surface area (Å²) in [7, 11) is 1.07. The smallest absolute Gasteiger partial charge is 0.242 e. The van der Waals surface area contributed by atoms with Crippen LogP contribution in [0.25, 0.3) is 11.0 Å². The first kappa shape index (κ1) is 23.7. The lowest BCUT2D eigenvalue weighted by molar-refractivity contribution is -0.121. The average molecular weight is 459 g/mol. The molecule has 0 bridgehead atoms. The van der Waals surface area contributed by atoms with E-state index in [9.17, 15) is 13.2 Å². The molecule has 32 heavy (non-hydrogen) atoms. The van der Waals surface area contributed by atoms with Crippen molar-refractivity contribution in [3.8, 4) is 5.75 Å². The maximum atomic E-state index is 12.6. The Kier molecular flexibility index (Phi) is 7.20. The number of aromatic nitrogens is 2. The van der Waals surface area contributed by atoms with E-state index in [1.165, 1.54) is 18.4 Å². The van der Waals surface area contributed by atoms with Crippen LogP contribution in [-0.4, -0.2) is 49.4 Å². The first-order valence-corrected chi connectivity index (χ1v) is 12.0. The minimum Gasteiger partial charge on any atom is -0.496 e. The normalized spacial score (nSPS) is 12.8. The van der Waals surface area contributed by atoms with Crippen molar-refractivity contribution < 1.29 is 17.9 Å². The van der Waals surface area contributed by atoms with Crippen LogP contribution in [-0.2, 0) is 27.8 Å². The quantitative estimate of drug-likeness (QED) is 0.532. The lowest BCUT2D eigenvalue weighted by Crippen LogP contribution is -2.27. The maximum absolute atomic E-state index is 12.6. The number of sulfonamides is 1. The summed E-state index contributed by atoms with van der Waals surface area (Å²) in [5.41, 5.74) is 2.37. The van der Waals surface area contributed by atoms with Gasteiger partial charge in [0.2, 0.25) is 15.9 Å². The van der Waals surface area contributed by atoms with Gasteiger partial charge in [-0.2, -0.15) is 0 Å². The van der Waals surface area contributed by atoms with Gasteiger partial charge < -0.3 is 14.6 Å². The van der Waals surface area contributed by atoms with Gasteiger partial charge in [-0.05, 0) is 38.1 Å². The van der Waals surface area contributed by atoms with Gasteiger partial charge in [-0.25, -0.2) is 17.7 Å². The van der Waals surface area contributed by atoms with Crippen LogP contribution in [0, 0.1) is 0 Å². The summed E-state index contributed by atoms with van der Waals surface area (Å²) in [6, 6.07) is 12.4. The predicted molar refractivity (Wildman–Crippen MR) is 124 cm³/mol. The van der Waals surface area contributed by atoms with E-state index in [1.54, 1.807) is 25.3 Å². The van der Waals surface area contributed by atoms with Crippen LogP contribution in [0.4, 0.5) is 0 Å². The fourth-order valence-electron chi connectivity index (χ4n) is 3.72. The van der Waals surface area contributed by atoms with Crippen molar-refractivity contribution in [3.05, 3.63) is 53.9 Å². The number of fused-ring (bicyclic) bond motifs is 1. The molecule has 0 aliphatic rings. The molecule has 0 saturated carbocycles. The summed E-state index contributed by atoms with van der Waals surface area (Å²) in [5.74, 6) is 1.40. The van der Waals surface area contributed by atoms with Crippen molar-refractivity contribution in [2.75, 3.05) is 21.2 Å². The SMILES string of the molecule is CCn1c(CCC(=O)NC(C)c2ccccc2OC)nc2cc(S(=O)(=O)N(C)C)ccc21. The van der Waals surface area contributed by atoms with E-state index < -0.39 is 10.0 Å². The van der Waals surface area contributed by atoms with Gasteiger partial charge >= 0.3 is 0 Å². The molecule has 1 atom stereocenters. The molecule has 0 saturated heterocycles. The van der Waals surface area contributed by atoms with Crippen LogP contribution in [0.3, 0.4) is 0 Å². The predicted octanol–water partition coefficient (Wildman–Crippen LogP) is 3.13.